The number of nitrogens with zero attached hydrogens (tertiary/aromatic N) is 3. The Morgan fingerprint density at radius 1 is 1.39 bits per heavy atom. The van der Waals surface area contributed by atoms with Crippen LogP contribution in [-0.4, -0.2) is 40.9 Å². The van der Waals surface area contributed by atoms with E-state index in [4.69, 9.17) is 0 Å². The van der Waals surface area contributed by atoms with Crippen LogP contribution in [0.5, 0.6) is 0 Å². The van der Waals surface area contributed by atoms with Gasteiger partial charge in [-0.15, -0.1) is 0 Å². The maximum atomic E-state index is 11.4. The highest BCUT2D eigenvalue weighted by Crippen LogP contribution is 2.18. The molecule has 0 aliphatic heterocycles. The predicted molar refractivity (Wildman–Crippen MR) is 73.0 cm³/mol. The number of carbonyl (C=O) groups excluding carboxylic acids is 1. The summed E-state index contributed by atoms with van der Waals surface area (Å²) in [5.41, 5.74) is 2.72. The number of hydrogen-bond donors (Lipinski definition) is 0. The van der Waals surface area contributed by atoms with E-state index in [1.165, 1.54) is 0 Å². The van der Waals surface area contributed by atoms with Gasteiger partial charge in [0.1, 0.15) is 5.82 Å². The first-order valence-corrected chi connectivity index (χ1v) is 6.11. The molecule has 0 aliphatic rings. The number of imidazole rings is 1. The number of carbonyl (C=O) groups is 1. The molecule has 0 radical (unpaired) electrons. The Hall–Kier alpha value is -1.68. The fraction of sp³-hybridized carbons (Fsp3) is 0.429. The van der Waals surface area contributed by atoms with E-state index in [1.807, 2.05) is 25.1 Å². The van der Waals surface area contributed by atoms with E-state index in [-0.39, 0.29) is 5.78 Å². The Morgan fingerprint density at radius 3 is 2.72 bits per heavy atom. The summed E-state index contributed by atoms with van der Waals surface area (Å²) in [6.45, 7) is 5.47. The molecule has 0 saturated carbocycles. The fourth-order valence-electron chi connectivity index (χ4n) is 2.05. The monoisotopic (exact) mass is 245 g/mol. The molecule has 0 unspecified atom stereocenters. The van der Waals surface area contributed by atoms with E-state index in [1.54, 1.807) is 6.92 Å². The Morgan fingerprint density at radius 2 is 2.11 bits per heavy atom. The van der Waals surface area contributed by atoms with Crippen molar-refractivity contribution in [2.45, 2.75) is 20.4 Å². The van der Waals surface area contributed by atoms with Gasteiger partial charge < -0.3 is 9.47 Å². The Labute approximate surface area is 107 Å². The molecule has 18 heavy (non-hydrogen) atoms. The van der Waals surface area contributed by atoms with Crippen molar-refractivity contribution in [2.24, 2.45) is 0 Å². The second kappa shape index (κ2) is 4.90. The highest BCUT2D eigenvalue weighted by Gasteiger charge is 2.09. The Kier molecular flexibility index (Phi) is 3.48. The number of likely N-dealkylation sites (N-methyl/N-ethyl adjacent to an activating group) is 1. The minimum absolute atomic E-state index is 0.0809. The van der Waals surface area contributed by atoms with Crippen LogP contribution in [0.2, 0.25) is 0 Å². The number of aromatic nitrogens is 2. The highest BCUT2D eigenvalue weighted by atomic mass is 16.1. The molecule has 0 bridgehead atoms. The van der Waals surface area contributed by atoms with Crippen LogP contribution in [0.25, 0.3) is 11.0 Å². The molecule has 0 spiro atoms. The van der Waals surface area contributed by atoms with Crippen molar-refractivity contribution in [3.63, 3.8) is 0 Å². The number of aryl methyl sites for hydroxylation is 1. The minimum atomic E-state index is 0.0809. The van der Waals surface area contributed by atoms with Gasteiger partial charge in [-0.25, -0.2) is 4.98 Å². The average molecular weight is 245 g/mol. The first-order valence-electron chi connectivity index (χ1n) is 6.11. The number of ketones is 1. The van der Waals surface area contributed by atoms with Gasteiger partial charge in [0.25, 0.3) is 0 Å². The lowest BCUT2D eigenvalue weighted by molar-refractivity contribution is 0.101. The molecule has 1 aromatic carbocycles. The molecule has 96 valence electrons. The molecule has 4 heteroatoms. The largest absolute Gasteiger partial charge is 0.327 e. The van der Waals surface area contributed by atoms with Crippen LogP contribution >= 0.6 is 0 Å². The third-order valence-electron chi connectivity index (χ3n) is 3.12. The summed E-state index contributed by atoms with van der Waals surface area (Å²) in [6, 6.07) is 5.73. The SMILES string of the molecule is CC(=O)c1ccc2c(c1)nc(C)n2CCN(C)C. The van der Waals surface area contributed by atoms with Crippen LogP contribution in [0.15, 0.2) is 18.2 Å². The molecule has 2 aromatic rings. The van der Waals surface area contributed by atoms with Gasteiger partial charge in [0, 0.05) is 18.7 Å². The molecule has 0 N–H and O–H groups in total. The van der Waals surface area contributed by atoms with E-state index in [2.05, 4.69) is 28.5 Å². The summed E-state index contributed by atoms with van der Waals surface area (Å²) in [4.78, 5) is 18.0. The number of rotatable bonds is 4. The first kappa shape index (κ1) is 12.8. The molecule has 2 rings (SSSR count). The molecule has 1 heterocycles. The number of hydrogen-bond acceptors (Lipinski definition) is 3. The highest BCUT2D eigenvalue weighted by molar-refractivity contribution is 5.97. The van der Waals surface area contributed by atoms with Gasteiger partial charge in [-0.3, -0.25) is 4.79 Å². The van der Waals surface area contributed by atoms with Gasteiger partial charge in [0.2, 0.25) is 0 Å². The van der Waals surface area contributed by atoms with Gasteiger partial charge in [-0.05, 0) is 46.1 Å². The van der Waals surface area contributed by atoms with Crippen molar-refractivity contribution >= 4 is 16.8 Å². The van der Waals surface area contributed by atoms with Gasteiger partial charge in [-0.1, -0.05) is 0 Å². The summed E-state index contributed by atoms with van der Waals surface area (Å²) >= 11 is 0. The van der Waals surface area contributed by atoms with Crippen molar-refractivity contribution in [1.29, 1.82) is 0 Å². The molecular formula is C14H19N3O. The van der Waals surface area contributed by atoms with Gasteiger partial charge in [0.05, 0.1) is 11.0 Å². The maximum absolute atomic E-state index is 11.4. The van der Waals surface area contributed by atoms with E-state index >= 15 is 0 Å². The van der Waals surface area contributed by atoms with Gasteiger partial charge in [0.15, 0.2) is 5.78 Å². The lowest BCUT2D eigenvalue weighted by atomic mass is 10.1. The van der Waals surface area contributed by atoms with E-state index in [0.29, 0.717) is 0 Å². The zero-order chi connectivity index (χ0) is 13.3. The molecule has 0 amide bonds. The Balaban J connectivity index is 2.42. The van der Waals surface area contributed by atoms with Crippen molar-refractivity contribution in [1.82, 2.24) is 14.5 Å². The molecule has 0 atom stereocenters. The maximum Gasteiger partial charge on any atom is 0.159 e. The average Bonchev–Trinajstić information content (AvgIpc) is 2.60. The van der Waals surface area contributed by atoms with Crippen LogP contribution < -0.4 is 0 Å². The third-order valence-corrected chi connectivity index (χ3v) is 3.12. The molecule has 0 aliphatic carbocycles. The summed E-state index contributed by atoms with van der Waals surface area (Å²) in [5.74, 6) is 1.07. The van der Waals surface area contributed by atoms with Crippen LogP contribution in [0.1, 0.15) is 23.1 Å². The summed E-state index contributed by atoms with van der Waals surface area (Å²) in [7, 11) is 4.12. The zero-order valence-corrected chi connectivity index (χ0v) is 11.4. The van der Waals surface area contributed by atoms with E-state index in [0.717, 1.165) is 35.5 Å². The number of benzene rings is 1. The van der Waals surface area contributed by atoms with Crippen molar-refractivity contribution in [3.05, 3.63) is 29.6 Å². The van der Waals surface area contributed by atoms with Gasteiger partial charge in [-0.2, -0.15) is 0 Å². The lowest BCUT2D eigenvalue weighted by Gasteiger charge is -2.12. The summed E-state index contributed by atoms with van der Waals surface area (Å²) in [5, 5.41) is 0. The molecule has 0 fully saturated rings. The van der Waals surface area contributed by atoms with E-state index in [9.17, 15) is 4.79 Å². The fourth-order valence-corrected chi connectivity index (χ4v) is 2.05. The lowest BCUT2D eigenvalue weighted by Crippen LogP contribution is -2.18. The smallest absolute Gasteiger partial charge is 0.159 e. The molecule has 4 nitrogen and oxygen atoms in total. The quantitative estimate of drug-likeness (QED) is 0.774. The van der Waals surface area contributed by atoms with E-state index < -0.39 is 0 Å². The number of Topliss-reactive ketones (excluding diaryl/α,β-unsaturated/α-hetero) is 1. The summed E-state index contributed by atoms with van der Waals surface area (Å²) in [6.07, 6.45) is 0. The zero-order valence-electron chi connectivity index (χ0n) is 11.4. The van der Waals surface area contributed by atoms with Crippen molar-refractivity contribution in [3.8, 4) is 0 Å². The number of fused-ring (bicyclic) bond motifs is 1. The normalized spacial score (nSPS) is 11.4. The van der Waals surface area contributed by atoms with Crippen LogP contribution in [0, 0.1) is 6.92 Å². The Bertz CT molecular complexity index is 584. The molecule has 1 aromatic heterocycles. The minimum Gasteiger partial charge on any atom is -0.327 e. The summed E-state index contributed by atoms with van der Waals surface area (Å²) < 4.78 is 2.19. The van der Waals surface area contributed by atoms with Crippen molar-refractivity contribution in [2.75, 3.05) is 20.6 Å². The second-order valence-electron chi connectivity index (χ2n) is 4.87. The van der Waals surface area contributed by atoms with Crippen molar-refractivity contribution < 1.29 is 4.79 Å². The van der Waals surface area contributed by atoms with Crippen LogP contribution in [0.4, 0.5) is 0 Å². The standard InChI is InChI=1S/C14H19N3O/c1-10(18)12-5-6-14-13(9-12)15-11(2)17(14)8-7-16(3)4/h5-6,9H,7-8H2,1-4H3. The third kappa shape index (κ3) is 2.43. The second-order valence-corrected chi connectivity index (χ2v) is 4.87. The first-order chi connectivity index (χ1) is 8.49. The topological polar surface area (TPSA) is 38.1 Å². The predicted octanol–water partition coefficient (Wildman–Crippen LogP) is 2.11. The van der Waals surface area contributed by atoms with Crippen LogP contribution in [0.3, 0.4) is 0 Å². The molecular weight excluding hydrogens is 226 g/mol. The molecule has 0 saturated heterocycles. The van der Waals surface area contributed by atoms with Gasteiger partial charge >= 0.3 is 0 Å². The van der Waals surface area contributed by atoms with Crippen LogP contribution in [-0.2, 0) is 6.54 Å².